The van der Waals surface area contributed by atoms with Gasteiger partial charge in [-0.15, -0.1) is 0 Å². The van der Waals surface area contributed by atoms with Crippen molar-refractivity contribution in [1.29, 1.82) is 0 Å². The summed E-state index contributed by atoms with van der Waals surface area (Å²) in [6, 6.07) is 4.61. The monoisotopic (exact) mass is 331 g/mol. The zero-order valence-electron chi connectivity index (χ0n) is 9.75. The molecule has 6 heteroatoms. The lowest BCUT2D eigenvalue weighted by atomic mass is 10.1. The van der Waals surface area contributed by atoms with Gasteiger partial charge in [0.2, 0.25) is 0 Å². The summed E-state index contributed by atoms with van der Waals surface area (Å²) in [6.07, 6.45) is 0.685. The molecule has 0 bridgehead atoms. The molecule has 0 amide bonds. The molecular weight excluding hydrogens is 321 g/mol. The summed E-state index contributed by atoms with van der Waals surface area (Å²) < 4.78 is 15.8. The number of imidazole rings is 1. The summed E-state index contributed by atoms with van der Waals surface area (Å²) in [5.41, 5.74) is 7.21. The van der Waals surface area contributed by atoms with E-state index in [-0.39, 0.29) is 5.02 Å². The fourth-order valence-corrected chi connectivity index (χ4v) is 2.70. The molecule has 0 saturated carbocycles. The first-order valence-electron chi connectivity index (χ1n) is 5.41. The average molecular weight is 333 g/mol. The highest BCUT2D eigenvalue weighted by atomic mass is 79.9. The molecule has 0 aliphatic carbocycles. The molecule has 3 nitrogen and oxygen atoms in total. The molecule has 96 valence electrons. The first-order chi connectivity index (χ1) is 8.54. The molecule has 0 aliphatic heterocycles. The Kier molecular flexibility index (Phi) is 4.04. The molecule has 0 atom stereocenters. The van der Waals surface area contributed by atoms with E-state index in [1.165, 1.54) is 6.07 Å². The Balaban J connectivity index is 2.53. The number of rotatable bonds is 3. The van der Waals surface area contributed by atoms with Gasteiger partial charge >= 0.3 is 0 Å². The third kappa shape index (κ3) is 2.43. The molecule has 0 saturated heterocycles. The van der Waals surface area contributed by atoms with E-state index >= 15 is 0 Å². The minimum absolute atomic E-state index is 0.0981. The van der Waals surface area contributed by atoms with Crippen molar-refractivity contribution in [1.82, 2.24) is 9.55 Å². The molecule has 2 aromatic rings. The second-order valence-electron chi connectivity index (χ2n) is 3.89. The van der Waals surface area contributed by atoms with Crippen molar-refractivity contribution in [2.24, 2.45) is 12.8 Å². The topological polar surface area (TPSA) is 43.8 Å². The highest BCUT2D eigenvalue weighted by molar-refractivity contribution is 9.10. The van der Waals surface area contributed by atoms with E-state index in [9.17, 15) is 4.39 Å². The Morgan fingerprint density at radius 1 is 1.50 bits per heavy atom. The third-order valence-electron chi connectivity index (χ3n) is 2.71. The maximum absolute atomic E-state index is 13.2. The lowest BCUT2D eigenvalue weighted by molar-refractivity contribution is 0.628. The maximum Gasteiger partial charge on any atom is 0.141 e. The summed E-state index contributed by atoms with van der Waals surface area (Å²) in [6.45, 7) is 0.529. The number of aromatic nitrogens is 2. The van der Waals surface area contributed by atoms with Crippen LogP contribution in [-0.4, -0.2) is 16.1 Å². The van der Waals surface area contributed by atoms with Crippen LogP contribution in [-0.2, 0) is 13.5 Å². The first-order valence-corrected chi connectivity index (χ1v) is 6.58. The van der Waals surface area contributed by atoms with Crippen LogP contribution in [0.2, 0.25) is 5.02 Å². The zero-order chi connectivity index (χ0) is 13.3. The normalized spacial score (nSPS) is 10.9. The average Bonchev–Trinajstić information content (AvgIpc) is 2.59. The van der Waals surface area contributed by atoms with Crippen LogP contribution in [0.25, 0.3) is 11.3 Å². The van der Waals surface area contributed by atoms with Crippen LogP contribution in [0.3, 0.4) is 0 Å². The smallest absolute Gasteiger partial charge is 0.141 e. The second kappa shape index (κ2) is 5.38. The molecule has 2 rings (SSSR count). The van der Waals surface area contributed by atoms with Gasteiger partial charge in [0.25, 0.3) is 0 Å². The van der Waals surface area contributed by atoms with E-state index in [0.717, 1.165) is 17.1 Å². The molecular formula is C12H12BrClFN3. The van der Waals surface area contributed by atoms with E-state index in [1.54, 1.807) is 12.1 Å². The van der Waals surface area contributed by atoms with Crippen molar-refractivity contribution in [3.05, 3.63) is 39.5 Å². The quantitative estimate of drug-likeness (QED) is 0.938. The van der Waals surface area contributed by atoms with Gasteiger partial charge in [-0.1, -0.05) is 11.6 Å². The van der Waals surface area contributed by atoms with Gasteiger partial charge in [0, 0.05) is 19.0 Å². The molecule has 2 N–H and O–H groups in total. The van der Waals surface area contributed by atoms with Crippen LogP contribution in [0.4, 0.5) is 4.39 Å². The first kappa shape index (κ1) is 13.5. The molecule has 0 radical (unpaired) electrons. The summed E-state index contributed by atoms with van der Waals surface area (Å²) in [5.74, 6) is 0.445. The van der Waals surface area contributed by atoms with E-state index < -0.39 is 5.82 Å². The lowest BCUT2D eigenvalue weighted by Crippen LogP contribution is -2.08. The number of nitrogens with zero attached hydrogens (tertiary/aromatic N) is 2. The van der Waals surface area contributed by atoms with Crippen LogP contribution in [0.5, 0.6) is 0 Å². The SMILES string of the molecule is Cn1c(CCN)nc(Br)c1-c1ccc(F)c(Cl)c1. The van der Waals surface area contributed by atoms with Crippen molar-refractivity contribution >= 4 is 27.5 Å². The Morgan fingerprint density at radius 2 is 2.22 bits per heavy atom. The minimum atomic E-state index is -0.430. The van der Waals surface area contributed by atoms with Gasteiger partial charge in [0.15, 0.2) is 0 Å². The van der Waals surface area contributed by atoms with Crippen molar-refractivity contribution in [3.63, 3.8) is 0 Å². The van der Waals surface area contributed by atoms with Gasteiger partial charge in [-0.25, -0.2) is 9.37 Å². The van der Waals surface area contributed by atoms with E-state index in [2.05, 4.69) is 20.9 Å². The van der Waals surface area contributed by atoms with Crippen LogP contribution in [0.15, 0.2) is 22.8 Å². The molecule has 1 heterocycles. The minimum Gasteiger partial charge on any atom is -0.330 e. The van der Waals surface area contributed by atoms with Crippen molar-refractivity contribution in [2.45, 2.75) is 6.42 Å². The van der Waals surface area contributed by atoms with Gasteiger partial charge in [-0.2, -0.15) is 0 Å². The van der Waals surface area contributed by atoms with Crippen LogP contribution in [0, 0.1) is 5.82 Å². The third-order valence-corrected chi connectivity index (χ3v) is 3.55. The van der Waals surface area contributed by atoms with Crippen LogP contribution >= 0.6 is 27.5 Å². The maximum atomic E-state index is 13.2. The number of nitrogens with two attached hydrogens (primary N) is 1. The fraction of sp³-hybridized carbons (Fsp3) is 0.250. The van der Waals surface area contributed by atoms with Crippen molar-refractivity contribution in [2.75, 3.05) is 6.54 Å². The number of hydrogen-bond donors (Lipinski definition) is 1. The predicted octanol–water partition coefficient (Wildman–Crippen LogP) is 3.14. The summed E-state index contributed by atoms with van der Waals surface area (Å²) >= 11 is 9.20. The van der Waals surface area contributed by atoms with Crippen LogP contribution in [0.1, 0.15) is 5.82 Å². The molecule has 1 aromatic heterocycles. The molecule has 1 aromatic carbocycles. The molecule has 0 fully saturated rings. The number of hydrogen-bond acceptors (Lipinski definition) is 2. The molecule has 0 spiro atoms. The van der Waals surface area contributed by atoms with Crippen molar-refractivity contribution < 1.29 is 4.39 Å². The highest BCUT2D eigenvalue weighted by Gasteiger charge is 2.15. The number of halogens is 3. The highest BCUT2D eigenvalue weighted by Crippen LogP contribution is 2.31. The summed E-state index contributed by atoms with van der Waals surface area (Å²) in [7, 11) is 1.90. The molecule has 0 aliphatic rings. The van der Waals surface area contributed by atoms with E-state index in [1.807, 2.05) is 11.6 Å². The summed E-state index contributed by atoms with van der Waals surface area (Å²) in [5, 5.41) is 0.0981. The Morgan fingerprint density at radius 3 is 2.83 bits per heavy atom. The Labute approximate surface area is 118 Å². The summed E-state index contributed by atoms with van der Waals surface area (Å²) in [4.78, 5) is 4.39. The molecule has 0 unspecified atom stereocenters. The van der Waals surface area contributed by atoms with Gasteiger partial charge in [-0.05, 0) is 40.7 Å². The van der Waals surface area contributed by atoms with Gasteiger partial charge in [0.05, 0.1) is 10.7 Å². The van der Waals surface area contributed by atoms with Gasteiger partial charge in [0.1, 0.15) is 16.2 Å². The second-order valence-corrected chi connectivity index (χ2v) is 5.05. The fourth-order valence-electron chi connectivity index (χ4n) is 1.82. The van der Waals surface area contributed by atoms with E-state index in [4.69, 9.17) is 17.3 Å². The van der Waals surface area contributed by atoms with Gasteiger partial charge < -0.3 is 10.3 Å². The predicted molar refractivity (Wildman–Crippen MR) is 74.1 cm³/mol. The Bertz CT molecular complexity index is 583. The molecule has 18 heavy (non-hydrogen) atoms. The van der Waals surface area contributed by atoms with Crippen molar-refractivity contribution in [3.8, 4) is 11.3 Å². The largest absolute Gasteiger partial charge is 0.330 e. The number of benzene rings is 1. The lowest BCUT2D eigenvalue weighted by Gasteiger charge is -2.06. The standard InChI is InChI=1S/C12H12BrClFN3/c1-18-10(4-5-16)17-12(13)11(18)7-2-3-9(15)8(14)6-7/h2-3,6H,4-5,16H2,1H3. The zero-order valence-corrected chi connectivity index (χ0v) is 12.1. The Hall–Kier alpha value is -0.910. The van der Waals surface area contributed by atoms with Gasteiger partial charge in [-0.3, -0.25) is 0 Å². The van der Waals surface area contributed by atoms with E-state index in [0.29, 0.717) is 17.6 Å². The van der Waals surface area contributed by atoms with Crippen LogP contribution < -0.4 is 5.73 Å².